The van der Waals surface area contributed by atoms with Gasteiger partial charge in [0.2, 0.25) is 0 Å². The molecule has 4 nitrogen and oxygen atoms in total. The van der Waals surface area contributed by atoms with Gasteiger partial charge in [-0.3, -0.25) is 0 Å². The average molecular weight is 613 g/mol. The fourth-order valence-corrected chi connectivity index (χ4v) is 6.81. The van der Waals surface area contributed by atoms with E-state index in [9.17, 15) is 10.5 Å². The molecule has 2 heterocycles. The number of furan rings is 2. The third-order valence-electron chi connectivity index (χ3n) is 9.16. The van der Waals surface area contributed by atoms with Crippen LogP contribution >= 0.6 is 0 Å². The Morgan fingerprint density at radius 2 is 0.771 bits per heavy atom. The second-order valence-corrected chi connectivity index (χ2v) is 11.9. The molecule has 0 spiro atoms. The van der Waals surface area contributed by atoms with Crippen molar-refractivity contribution in [1.82, 2.24) is 0 Å². The first-order valence-corrected chi connectivity index (χ1v) is 15.7. The van der Waals surface area contributed by atoms with Crippen LogP contribution in [0, 0.1) is 22.7 Å². The van der Waals surface area contributed by atoms with Gasteiger partial charge in [-0.1, -0.05) is 72.8 Å². The van der Waals surface area contributed by atoms with Crippen LogP contribution in [0.15, 0.2) is 154 Å². The number of fused-ring (bicyclic) bond motifs is 6. The molecule has 0 fully saturated rings. The van der Waals surface area contributed by atoms with Gasteiger partial charge in [0.25, 0.3) is 0 Å². The summed E-state index contributed by atoms with van der Waals surface area (Å²) in [4.78, 5) is 0. The highest BCUT2D eigenvalue weighted by Crippen LogP contribution is 2.45. The van der Waals surface area contributed by atoms with Crippen LogP contribution in [-0.2, 0) is 0 Å². The van der Waals surface area contributed by atoms with E-state index in [-0.39, 0.29) is 0 Å². The van der Waals surface area contributed by atoms with Gasteiger partial charge in [-0.2, -0.15) is 10.5 Å². The molecular formula is C44H24N2O2. The number of nitrogens with zero attached hydrogens (tertiary/aromatic N) is 2. The zero-order valence-electron chi connectivity index (χ0n) is 25.6. The van der Waals surface area contributed by atoms with E-state index >= 15 is 0 Å². The van der Waals surface area contributed by atoms with E-state index < -0.39 is 0 Å². The second kappa shape index (κ2) is 10.9. The van der Waals surface area contributed by atoms with Crippen LogP contribution in [0.4, 0.5) is 0 Å². The first-order valence-electron chi connectivity index (χ1n) is 15.7. The third-order valence-corrected chi connectivity index (χ3v) is 9.16. The van der Waals surface area contributed by atoms with Crippen molar-refractivity contribution >= 4 is 43.9 Å². The van der Waals surface area contributed by atoms with Crippen molar-refractivity contribution in [3.8, 4) is 56.6 Å². The Balaban J connectivity index is 1.38. The summed E-state index contributed by atoms with van der Waals surface area (Å²) in [7, 11) is 0. The maximum Gasteiger partial charge on any atom is 0.135 e. The topological polar surface area (TPSA) is 73.9 Å². The standard InChI is InChI=1S/C44H24N2O2/c45-25-27-9-13-29(14-10-27)33-23-36(31-17-19-42-38(21-31)34-5-1-3-7-40(34)47-42)44(30-15-11-28(26-46)12-16-30)37(24-33)32-18-20-43-39(22-32)35-6-2-4-8-41(35)48-43/h1-24H. The molecule has 7 aromatic carbocycles. The van der Waals surface area contributed by atoms with Gasteiger partial charge in [0, 0.05) is 21.5 Å². The van der Waals surface area contributed by atoms with Crippen molar-refractivity contribution in [1.29, 1.82) is 10.5 Å². The summed E-state index contributed by atoms with van der Waals surface area (Å²) in [6.07, 6.45) is 0. The maximum absolute atomic E-state index is 9.61. The van der Waals surface area contributed by atoms with Crippen LogP contribution in [0.5, 0.6) is 0 Å². The van der Waals surface area contributed by atoms with Crippen molar-refractivity contribution in [2.75, 3.05) is 0 Å². The quantitative estimate of drug-likeness (QED) is 0.198. The normalized spacial score (nSPS) is 11.3. The predicted molar refractivity (Wildman–Crippen MR) is 192 cm³/mol. The molecule has 0 aliphatic carbocycles. The molecule has 48 heavy (non-hydrogen) atoms. The molecule has 0 atom stereocenters. The molecule has 0 aliphatic heterocycles. The SMILES string of the molecule is N#Cc1ccc(-c2cc(-c3ccc4oc5ccccc5c4c3)c(-c3ccc(C#N)cc3)c(-c3ccc4oc5ccccc5c4c3)c2)cc1. The summed E-state index contributed by atoms with van der Waals surface area (Å²) in [5.74, 6) is 0. The predicted octanol–water partition coefficient (Wildman–Crippen LogP) is 11.9. The third kappa shape index (κ3) is 4.44. The van der Waals surface area contributed by atoms with E-state index in [1.807, 2.05) is 97.1 Å². The van der Waals surface area contributed by atoms with Crippen molar-refractivity contribution < 1.29 is 8.83 Å². The molecule has 0 radical (unpaired) electrons. The van der Waals surface area contributed by atoms with E-state index in [0.29, 0.717) is 11.1 Å². The number of hydrogen-bond acceptors (Lipinski definition) is 4. The van der Waals surface area contributed by atoms with Crippen molar-refractivity contribution in [3.63, 3.8) is 0 Å². The van der Waals surface area contributed by atoms with Gasteiger partial charge in [-0.15, -0.1) is 0 Å². The van der Waals surface area contributed by atoms with Crippen LogP contribution in [-0.4, -0.2) is 0 Å². The van der Waals surface area contributed by atoms with Crippen LogP contribution < -0.4 is 0 Å². The number of para-hydroxylation sites is 2. The van der Waals surface area contributed by atoms with Gasteiger partial charge in [0.15, 0.2) is 0 Å². The minimum absolute atomic E-state index is 0.605. The zero-order chi connectivity index (χ0) is 32.2. The smallest absolute Gasteiger partial charge is 0.135 e. The highest BCUT2D eigenvalue weighted by atomic mass is 16.3. The zero-order valence-corrected chi connectivity index (χ0v) is 25.6. The van der Waals surface area contributed by atoms with E-state index in [2.05, 4.69) is 60.7 Å². The first-order chi connectivity index (χ1) is 23.7. The molecule has 2 aromatic heterocycles. The lowest BCUT2D eigenvalue weighted by Crippen LogP contribution is -1.94. The van der Waals surface area contributed by atoms with Gasteiger partial charge < -0.3 is 8.83 Å². The molecule has 9 aromatic rings. The Labute approximate surface area is 275 Å². The molecule has 0 N–H and O–H groups in total. The van der Waals surface area contributed by atoms with Gasteiger partial charge >= 0.3 is 0 Å². The Hall–Kier alpha value is -6.88. The van der Waals surface area contributed by atoms with E-state index in [1.165, 1.54) is 0 Å². The minimum atomic E-state index is 0.605. The van der Waals surface area contributed by atoms with Crippen LogP contribution in [0.3, 0.4) is 0 Å². The Morgan fingerprint density at radius 1 is 0.354 bits per heavy atom. The van der Waals surface area contributed by atoms with Crippen molar-refractivity contribution in [2.45, 2.75) is 0 Å². The van der Waals surface area contributed by atoms with Crippen molar-refractivity contribution in [3.05, 3.63) is 157 Å². The van der Waals surface area contributed by atoms with Crippen LogP contribution in [0.25, 0.3) is 88.4 Å². The average Bonchev–Trinajstić information content (AvgIpc) is 3.72. The fourth-order valence-electron chi connectivity index (χ4n) is 6.81. The van der Waals surface area contributed by atoms with Crippen LogP contribution in [0.1, 0.15) is 11.1 Å². The highest BCUT2D eigenvalue weighted by Gasteiger charge is 2.20. The Morgan fingerprint density at radius 3 is 1.25 bits per heavy atom. The Kier molecular flexibility index (Phi) is 6.22. The molecule has 0 amide bonds. The molecule has 0 saturated carbocycles. The molecule has 0 unspecified atom stereocenters. The lowest BCUT2D eigenvalue weighted by Gasteiger charge is -2.19. The maximum atomic E-state index is 9.61. The lowest BCUT2D eigenvalue weighted by molar-refractivity contribution is 0.668. The number of nitriles is 2. The number of rotatable bonds is 4. The molecule has 9 rings (SSSR count). The monoisotopic (exact) mass is 612 g/mol. The van der Waals surface area contributed by atoms with Crippen LogP contribution in [0.2, 0.25) is 0 Å². The first kappa shape index (κ1) is 27.4. The van der Waals surface area contributed by atoms with E-state index in [0.717, 1.165) is 88.4 Å². The van der Waals surface area contributed by atoms with Gasteiger partial charge in [-0.05, 0) is 117 Å². The summed E-state index contributed by atoms with van der Waals surface area (Å²) in [5, 5.41) is 23.3. The summed E-state index contributed by atoms with van der Waals surface area (Å²) in [5.41, 5.74) is 12.8. The van der Waals surface area contributed by atoms with Gasteiger partial charge in [0.1, 0.15) is 22.3 Å². The number of benzene rings is 7. The van der Waals surface area contributed by atoms with E-state index in [4.69, 9.17) is 8.83 Å². The summed E-state index contributed by atoms with van der Waals surface area (Å²) >= 11 is 0. The summed E-state index contributed by atoms with van der Waals surface area (Å²) in [6.45, 7) is 0. The highest BCUT2D eigenvalue weighted by molar-refractivity contribution is 6.09. The van der Waals surface area contributed by atoms with Gasteiger partial charge in [0.05, 0.1) is 23.3 Å². The molecule has 0 saturated heterocycles. The molecule has 0 bridgehead atoms. The molecule has 0 aliphatic rings. The Bertz CT molecular complexity index is 2650. The van der Waals surface area contributed by atoms with Crippen molar-refractivity contribution in [2.24, 2.45) is 0 Å². The lowest BCUT2D eigenvalue weighted by atomic mass is 9.84. The molecule has 222 valence electrons. The summed E-state index contributed by atoms with van der Waals surface area (Å²) in [6, 6.07) is 53.5. The minimum Gasteiger partial charge on any atom is -0.456 e. The molecular weight excluding hydrogens is 588 g/mol. The largest absolute Gasteiger partial charge is 0.456 e. The fraction of sp³-hybridized carbons (Fsp3) is 0. The van der Waals surface area contributed by atoms with Gasteiger partial charge in [-0.25, -0.2) is 0 Å². The van der Waals surface area contributed by atoms with E-state index in [1.54, 1.807) is 0 Å². The molecule has 4 heteroatoms. The second-order valence-electron chi connectivity index (χ2n) is 11.9. The number of hydrogen-bond donors (Lipinski definition) is 0. The summed E-state index contributed by atoms with van der Waals surface area (Å²) < 4.78 is 12.4.